The Kier molecular flexibility index (Phi) is 5.73. The number of rotatable bonds is 4. The monoisotopic (exact) mass is 490 g/mol. The van der Waals surface area contributed by atoms with Gasteiger partial charge in [-0.3, -0.25) is 9.48 Å². The van der Waals surface area contributed by atoms with Crippen LogP contribution in [-0.4, -0.2) is 66.7 Å². The van der Waals surface area contributed by atoms with Crippen molar-refractivity contribution in [1.29, 1.82) is 0 Å². The van der Waals surface area contributed by atoms with E-state index < -0.39 is 9.84 Å². The molecular formula is C22H23ClN4O3S2. The zero-order valence-corrected chi connectivity index (χ0v) is 19.7. The summed E-state index contributed by atoms with van der Waals surface area (Å²) in [4.78, 5) is 18.3. The minimum absolute atomic E-state index is 0.0684. The van der Waals surface area contributed by atoms with Crippen LogP contribution in [0.1, 0.15) is 23.0 Å². The van der Waals surface area contributed by atoms with Crippen LogP contribution in [0.15, 0.2) is 47.8 Å². The topological polar surface area (TPSA) is 75.5 Å². The second-order valence-corrected chi connectivity index (χ2v) is 11.8. The molecule has 2 saturated heterocycles. The molecule has 3 aromatic rings. The van der Waals surface area contributed by atoms with Crippen LogP contribution in [0.2, 0.25) is 5.02 Å². The summed E-state index contributed by atoms with van der Waals surface area (Å²) in [5.41, 5.74) is 2.23. The first-order valence-electron chi connectivity index (χ1n) is 10.5. The Hall–Kier alpha value is -2.36. The second kappa shape index (κ2) is 8.53. The molecule has 0 saturated carbocycles. The lowest BCUT2D eigenvalue weighted by Crippen LogP contribution is -2.48. The SMILES string of the molecule is O=C(c1cc(-c2cccs2)n(C2CCS(=O)(=O)C2)n1)N1CCN(c2cccc(Cl)c2)CC1. The molecule has 1 aromatic carbocycles. The molecule has 4 heterocycles. The van der Waals surface area contributed by atoms with E-state index in [0.29, 0.717) is 43.3 Å². The highest BCUT2D eigenvalue weighted by atomic mass is 35.5. The summed E-state index contributed by atoms with van der Waals surface area (Å²) in [7, 11) is -3.06. The van der Waals surface area contributed by atoms with Gasteiger partial charge in [0.1, 0.15) is 0 Å². The van der Waals surface area contributed by atoms with Crippen LogP contribution < -0.4 is 4.90 Å². The van der Waals surface area contributed by atoms with Crippen molar-refractivity contribution in [2.75, 3.05) is 42.6 Å². The Morgan fingerprint density at radius 2 is 1.91 bits per heavy atom. The number of amides is 1. The molecule has 1 atom stereocenters. The molecule has 0 N–H and O–H groups in total. The molecule has 1 unspecified atom stereocenters. The van der Waals surface area contributed by atoms with Gasteiger partial charge in [-0.05, 0) is 42.1 Å². The van der Waals surface area contributed by atoms with Crippen LogP contribution in [-0.2, 0) is 9.84 Å². The highest BCUT2D eigenvalue weighted by Gasteiger charge is 2.33. The van der Waals surface area contributed by atoms with Gasteiger partial charge in [0, 0.05) is 36.9 Å². The zero-order chi connectivity index (χ0) is 22.3. The third-order valence-electron chi connectivity index (χ3n) is 6.02. The van der Waals surface area contributed by atoms with Crippen molar-refractivity contribution in [3.05, 3.63) is 58.6 Å². The standard InChI is InChI=1S/C22H23ClN4O3S2/c23-16-3-1-4-17(13-16)25-7-9-26(10-8-25)22(28)19-14-20(21-5-2-11-31-21)27(24-19)18-6-12-32(29,30)15-18/h1-5,11,13-14,18H,6-10,12,15H2. The van der Waals surface area contributed by atoms with Gasteiger partial charge in [0.05, 0.1) is 28.1 Å². The van der Waals surface area contributed by atoms with Gasteiger partial charge in [0.25, 0.3) is 5.91 Å². The van der Waals surface area contributed by atoms with E-state index in [-0.39, 0.29) is 23.5 Å². The van der Waals surface area contributed by atoms with Crippen molar-refractivity contribution in [2.45, 2.75) is 12.5 Å². The van der Waals surface area contributed by atoms with Gasteiger partial charge in [0.15, 0.2) is 15.5 Å². The fourth-order valence-corrected chi connectivity index (χ4v) is 6.97. The fourth-order valence-electron chi connectivity index (χ4n) is 4.36. The van der Waals surface area contributed by atoms with Gasteiger partial charge >= 0.3 is 0 Å². The number of carbonyl (C=O) groups excluding carboxylic acids is 1. The van der Waals surface area contributed by atoms with Crippen LogP contribution >= 0.6 is 22.9 Å². The van der Waals surface area contributed by atoms with Crippen molar-refractivity contribution in [1.82, 2.24) is 14.7 Å². The number of halogens is 1. The molecule has 0 bridgehead atoms. The highest BCUT2D eigenvalue weighted by molar-refractivity contribution is 7.91. The van der Waals surface area contributed by atoms with Gasteiger partial charge in [-0.2, -0.15) is 5.10 Å². The van der Waals surface area contributed by atoms with E-state index in [1.807, 2.05) is 52.7 Å². The van der Waals surface area contributed by atoms with Crippen molar-refractivity contribution in [2.24, 2.45) is 0 Å². The predicted octanol–water partition coefficient (Wildman–Crippen LogP) is 3.59. The smallest absolute Gasteiger partial charge is 0.274 e. The predicted molar refractivity (Wildman–Crippen MR) is 127 cm³/mol. The number of hydrogen-bond acceptors (Lipinski definition) is 6. The Morgan fingerprint density at radius 1 is 1.09 bits per heavy atom. The van der Waals surface area contributed by atoms with Crippen molar-refractivity contribution in [3.8, 4) is 10.6 Å². The van der Waals surface area contributed by atoms with Gasteiger partial charge in [0.2, 0.25) is 0 Å². The van der Waals surface area contributed by atoms with Crippen molar-refractivity contribution < 1.29 is 13.2 Å². The maximum absolute atomic E-state index is 13.3. The molecule has 10 heteroatoms. The average molecular weight is 491 g/mol. The fraction of sp³-hybridized carbons (Fsp3) is 0.364. The maximum Gasteiger partial charge on any atom is 0.274 e. The third-order valence-corrected chi connectivity index (χ3v) is 8.90. The van der Waals surface area contributed by atoms with Crippen molar-refractivity contribution >= 4 is 44.4 Å². The molecule has 2 aliphatic heterocycles. The Balaban J connectivity index is 1.36. The molecule has 32 heavy (non-hydrogen) atoms. The lowest BCUT2D eigenvalue weighted by atomic mass is 10.2. The van der Waals surface area contributed by atoms with Gasteiger partial charge in [-0.15, -0.1) is 11.3 Å². The van der Waals surface area contributed by atoms with Crippen molar-refractivity contribution in [3.63, 3.8) is 0 Å². The van der Waals surface area contributed by atoms with Crippen LogP contribution in [0.5, 0.6) is 0 Å². The minimum atomic E-state index is -3.06. The molecule has 0 aliphatic carbocycles. The lowest BCUT2D eigenvalue weighted by Gasteiger charge is -2.35. The Labute approximate surface area is 196 Å². The first kappa shape index (κ1) is 21.5. The molecule has 168 valence electrons. The summed E-state index contributed by atoms with van der Waals surface area (Å²) in [6.07, 6.45) is 0.522. The summed E-state index contributed by atoms with van der Waals surface area (Å²) in [5.74, 6) is 0.114. The van der Waals surface area contributed by atoms with E-state index in [2.05, 4.69) is 10.00 Å². The molecule has 0 spiro atoms. The summed E-state index contributed by atoms with van der Waals surface area (Å²) < 4.78 is 25.8. The quantitative estimate of drug-likeness (QED) is 0.558. The number of nitrogens with zero attached hydrogens (tertiary/aromatic N) is 4. The number of carbonyl (C=O) groups is 1. The van der Waals surface area contributed by atoms with E-state index >= 15 is 0 Å². The number of benzene rings is 1. The second-order valence-electron chi connectivity index (χ2n) is 8.15. The van der Waals surface area contributed by atoms with Crippen LogP contribution in [0, 0.1) is 0 Å². The number of hydrogen-bond donors (Lipinski definition) is 0. The molecule has 2 aliphatic rings. The summed E-state index contributed by atoms with van der Waals surface area (Å²) in [6, 6.07) is 13.2. The number of piperazine rings is 1. The third kappa shape index (κ3) is 4.29. The van der Waals surface area contributed by atoms with Gasteiger partial charge in [-0.25, -0.2) is 8.42 Å². The van der Waals surface area contributed by atoms with E-state index in [9.17, 15) is 13.2 Å². The normalized spacial score (nSPS) is 20.6. The number of thiophene rings is 1. The molecular weight excluding hydrogens is 468 g/mol. The largest absolute Gasteiger partial charge is 0.368 e. The Bertz CT molecular complexity index is 1230. The van der Waals surface area contributed by atoms with E-state index in [4.69, 9.17) is 11.6 Å². The number of sulfone groups is 1. The van der Waals surface area contributed by atoms with Crippen LogP contribution in [0.4, 0.5) is 5.69 Å². The lowest BCUT2D eigenvalue weighted by molar-refractivity contribution is 0.0739. The first-order valence-corrected chi connectivity index (χ1v) is 13.6. The summed E-state index contributed by atoms with van der Waals surface area (Å²) >= 11 is 7.67. The van der Waals surface area contributed by atoms with E-state index in [1.165, 1.54) is 0 Å². The Morgan fingerprint density at radius 3 is 2.56 bits per heavy atom. The maximum atomic E-state index is 13.3. The van der Waals surface area contributed by atoms with E-state index in [0.717, 1.165) is 16.3 Å². The average Bonchev–Trinajstić information content (AvgIpc) is 3.52. The van der Waals surface area contributed by atoms with E-state index in [1.54, 1.807) is 16.0 Å². The van der Waals surface area contributed by atoms with Gasteiger partial charge in [-0.1, -0.05) is 23.7 Å². The highest BCUT2D eigenvalue weighted by Crippen LogP contribution is 2.32. The van der Waals surface area contributed by atoms with Crippen LogP contribution in [0.3, 0.4) is 0 Å². The summed E-state index contributed by atoms with van der Waals surface area (Å²) in [6.45, 7) is 2.60. The minimum Gasteiger partial charge on any atom is -0.368 e. The molecule has 0 radical (unpaired) electrons. The van der Waals surface area contributed by atoms with Gasteiger partial charge < -0.3 is 9.80 Å². The molecule has 7 nitrogen and oxygen atoms in total. The number of aromatic nitrogens is 2. The molecule has 2 fully saturated rings. The number of anilines is 1. The summed E-state index contributed by atoms with van der Waals surface area (Å²) in [5, 5.41) is 7.28. The molecule has 1 amide bonds. The molecule has 2 aromatic heterocycles. The zero-order valence-electron chi connectivity index (χ0n) is 17.4. The van der Waals surface area contributed by atoms with Crippen LogP contribution in [0.25, 0.3) is 10.6 Å². The molecule has 5 rings (SSSR count). The first-order chi connectivity index (χ1) is 15.4.